The van der Waals surface area contributed by atoms with Gasteiger partial charge in [0.15, 0.2) is 0 Å². The molecule has 2 rings (SSSR count). The van der Waals surface area contributed by atoms with Crippen molar-refractivity contribution in [1.82, 2.24) is 15.7 Å². The molecule has 0 radical (unpaired) electrons. The Labute approximate surface area is 141 Å². The van der Waals surface area contributed by atoms with Crippen molar-refractivity contribution in [2.75, 3.05) is 14.1 Å². The summed E-state index contributed by atoms with van der Waals surface area (Å²) < 4.78 is 14.4. The highest BCUT2D eigenvalue weighted by Gasteiger charge is 2.25. The van der Waals surface area contributed by atoms with Gasteiger partial charge in [-0.15, -0.1) is 0 Å². The summed E-state index contributed by atoms with van der Waals surface area (Å²) in [5.41, 5.74) is 3.68. The van der Waals surface area contributed by atoms with Crippen molar-refractivity contribution >= 4 is 5.91 Å². The zero-order valence-electron chi connectivity index (χ0n) is 14.0. The Balaban J connectivity index is 2.24. The standard InChI is InChI=1S/C18H22FN3O2/c1-12(17(20-2)21-24)22(3)18(23)15-10-9-14(11-16(15)19)13-7-5-4-6-8-13/h4-12,17,20-21,24H,1-3H3. The number of nitrogens with one attached hydrogen (secondary N) is 2. The Bertz CT molecular complexity index is 690. The second kappa shape index (κ2) is 8.01. The zero-order chi connectivity index (χ0) is 17.7. The molecule has 6 heteroatoms. The van der Waals surface area contributed by atoms with Crippen LogP contribution in [0.15, 0.2) is 48.5 Å². The molecule has 1 amide bonds. The van der Waals surface area contributed by atoms with Crippen molar-refractivity contribution in [2.24, 2.45) is 0 Å². The van der Waals surface area contributed by atoms with E-state index >= 15 is 0 Å². The number of carbonyl (C=O) groups is 1. The van der Waals surface area contributed by atoms with Crippen LogP contribution in [0.25, 0.3) is 11.1 Å². The number of halogens is 1. The number of hydrogen-bond donors (Lipinski definition) is 3. The first-order chi connectivity index (χ1) is 11.5. The largest absolute Gasteiger partial charge is 0.336 e. The molecule has 2 atom stereocenters. The van der Waals surface area contributed by atoms with Crippen LogP contribution in [0.2, 0.25) is 0 Å². The number of nitrogens with zero attached hydrogens (tertiary/aromatic N) is 1. The first kappa shape index (κ1) is 18.1. The van der Waals surface area contributed by atoms with E-state index in [0.717, 1.165) is 5.56 Å². The summed E-state index contributed by atoms with van der Waals surface area (Å²) in [5.74, 6) is -1.02. The summed E-state index contributed by atoms with van der Waals surface area (Å²) in [4.78, 5) is 13.9. The monoisotopic (exact) mass is 331 g/mol. The van der Waals surface area contributed by atoms with Gasteiger partial charge in [-0.2, -0.15) is 5.48 Å². The summed E-state index contributed by atoms with van der Waals surface area (Å²) in [6.07, 6.45) is -0.523. The topological polar surface area (TPSA) is 64.6 Å². The van der Waals surface area contributed by atoms with Crippen LogP contribution in [0, 0.1) is 5.82 Å². The van der Waals surface area contributed by atoms with Crippen LogP contribution in [0.3, 0.4) is 0 Å². The molecule has 0 saturated carbocycles. The van der Waals surface area contributed by atoms with Gasteiger partial charge in [-0.1, -0.05) is 36.4 Å². The molecule has 2 aromatic rings. The maximum atomic E-state index is 14.4. The molecule has 3 N–H and O–H groups in total. The molecule has 0 aliphatic carbocycles. The van der Waals surface area contributed by atoms with Gasteiger partial charge in [-0.25, -0.2) is 4.39 Å². The maximum Gasteiger partial charge on any atom is 0.256 e. The molecule has 0 heterocycles. The van der Waals surface area contributed by atoms with E-state index in [1.165, 1.54) is 17.0 Å². The highest BCUT2D eigenvalue weighted by molar-refractivity contribution is 5.95. The molecular formula is C18H22FN3O2. The molecule has 0 bridgehead atoms. The Morgan fingerprint density at radius 2 is 1.83 bits per heavy atom. The van der Waals surface area contributed by atoms with Crippen molar-refractivity contribution in [2.45, 2.75) is 19.1 Å². The molecule has 0 aliphatic heterocycles. The fourth-order valence-electron chi connectivity index (χ4n) is 2.51. The van der Waals surface area contributed by atoms with E-state index in [0.29, 0.717) is 5.56 Å². The summed E-state index contributed by atoms with van der Waals surface area (Å²) >= 11 is 0. The van der Waals surface area contributed by atoms with E-state index in [9.17, 15) is 9.18 Å². The predicted molar refractivity (Wildman–Crippen MR) is 91.2 cm³/mol. The molecule has 24 heavy (non-hydrogen) atoms. The smallest absolute Gasteiger partial charge is 0.256 e. The van der Waals surface area contributed by atoms with Crippen LogP contribution in [0.4, 0.5) is 4.39 Å². The Morgan fingerprint density at radius 3 is 2.38 bits per heavy atom. The minimum Gasteiger partial charge on any atom is -0.336 e. The lowest BCUT2D eigenvalue weighted by molar-refractivity contribution is 0.0490. The van der Waals surface area contributed by atoms with Gasteiger partial charge in [0, 0.05) is 7.05 Å². The quantitative estimate of drug-likeness (QED) is 0.562. The van der Waals surface area contributed by atoms with Gasteiger partial charge >= 0.3 is 0 Å². The normalized spacial score (nSPS) is 13.4. The number of carbonyl (C=O) groups excluding carboxylic acids is 1. The zero-order valence-corrected chi connectivity index (χ0v) is 14.0. The van der Waals surface area contributed by atoms with Gasteiger partial charge in [-0.05, 0) is 37.2 Å². The molecule has 0 saturated heterocycles. The van der Waals surface area contributed by atoms with E-state index in [2.05, 4.69) is 10.8 Å². The van der Waals surface area contributed by atoms with Crippen molar-refractivity contribution in [3.05, 3.63) is 59.9 Å². The first-order valence-corrected chi connectivity index (χ1v) is 7.68. The van der Waals surface area contributed by atoms with Gasteiger partial charge in [0.05, 0.1) is 11.6 Å². The average molecular weight is 331 g/mol. The number of benzene rings is 2. The molecule has 2 aromatic carbocycles. The molecule has 0 aliphatic rings. The number of amides is 1. The highest BCUT2D eigenvalue weighted by Crippen LogP contribution is 2.22. The van der Waals surface area contributed by atoms with E-state index in [1.807, 2.05) is 30.3 Å². The third-order valence-corrected chi connectivity index (χ3v) is 4.17. The molecule has 128 valence electrons. The fourth-order valence-corrected chi connectivity index (χ4v) is 2.51. The first-order valence-electron chi connectivity index (χ1n) is 7.68. The lowest BCUT2D eigenvalue weighted by Gasteiger charge is -2.31. The summed E-state index contributed by atoms with van der Waals surface area (Å²) in [7, 11) is 3.22. The number of hydrogen-bond acceptors (Lipinski definition) is 4. The lowest BCUT2D eigenvalue weighted by Crippen LogP contribution is -2.54. The van der Waals surface area contributed by atoms with Crippen LogP contribution < -0.4 is 10.8 Å². The molecule has 2 unspecified atom stereocenters. The van der Waals surface area contributed by atoms with Gasteiger partial charge < -0.3 is 15.4 Å². The number of rotatable bonds is 6. The third-order valence-electron chi connectivity index (χ3n) is 4.17. The van der Waals surface area contributed by atoms with Gasteiger partial charge in [0.25, 0.3) is 5.91 Å². The van der Waals surface area contributed by atoms with Crippen LogP contribution >= 0.6 is 0 Å². The van der Waals surface area contributed by atoms with Crippen LogP contribution in [-0.4, -0.2) is 42.3 Å². The molecule has 5 nitrogen and oxygen atoms in total. The third kappa shape index (κ3) is 3.79. The van der Waals surface area contributed by atoms with Crippen molar-refractivity contribution in [3.8, 4) is 11.1 Å². The van der Waals surface area contributed by atoms with Crippen LogP contribution in [-0.2, 0) is 0 Å². The average Bonchev–Trinajstić information content (AvgIpc) is 2.62. The van der Waals surface area contributed by atoms with E-state index in [4.69, 9.17) is 5.21 Å². The fraction of sp³-hybridized carbons (Fsp3) is 0.278. The molecule has 0 fully saturated rings. The van der Waals surface area contributed by atoms with Gasteiger partial charge in [-0.3, -0.25) is 4.79 Å². The minimum absolute atomic E-state index is 0.00294. The van der Waals surface area contributed by atoms with E-state index < -0.39 is 17.9 Å². The Kier molecular flexibility index (Phi) is 6.03. The second-order valence-electron chi connectivity index (χ2n) is 5.61. The number of likely N-dealkylation sites (N-methyl/N-ethyl adjacent to an activating group) is 2. The Morgan fingerprint density at radius 1 is 1.17 bits per heavy atom. The van der Waals surface area contributed by atoms with Crippen LogP contribution in [0.1, 0.15) is 17.3 Å². The maximum absolute atomic E-state index is 14.4. The van der Waals surface area contributed by atoms with Crippen molar-refractivity contribution in [3.63, 3.8) is 0 Å². The van der Waals surface area contributed by atoms with Gasteiger partial charge in [0.1, 0.15) is 12.0 Å². The Hall–Kier alpha value is -2.28. The second-order valence-corrected chi connectivity index (χ2v) is 5.61. The molecular weight excluding hydrogens is 309 g/mol. The summed E-state index contributed by atoms with van der Waals surface area (Å²) in [6.45, 7) is 1.75. The molecule has 0 aromatic heterocycles. The lowest BCUT2D eigenvalue weighted by atomic mass is 10.0. The molecule has 0 spiro atoms. The van der Waals surface area contributed by atoms with Crippen LogP contribution in [0.5, 0.6) is 0 Å². The summed E-state index contributed by atoms with van der Waals surface area (Å²) in [6, 6.07) is 13.6. The van der Waals surface area contributed by atoms with Crippen molar-refractivity contribution < 1.29 is 14.4 Å². The predicted octanol–water partition coefficient (Wildman–Crippen LogP) is 2.48. The minimum atomic E-state index is -0.571. The van der Waals surface area contributed by atoms with Gasteiger partial charge in [0.2, 0.25) is 0 Å². The van der Waals surface area contributed by atoms with E-state index in [1.54, 1.807) is 27.1 Å². The van der Waals surface area contributed by atoms with Crippen molar-refractivity contribution in [1.29, 1.82) is 0 Å². The summed E-state index contributed by atoms with van der Waals surface area (Å²) in [5, 5.41) is 11.9. The highest BCUT2D eigenvalue weighted by atomic mass is 19.1. The SMILES string of the molecule is CNC(NO)C(C)N(C)C(=O)c1ccc(-c2ccccc2)cc1F. The van der Waals surface area contributed by atoms with E-state index in [-0.39, 0.29) is 11.6 Å². The number of hydroxylamine groups is 1.